The van der Waals surface area contributed by atoms with Crippen LogP contribution in [0.5, 0.6) is 0 Å². The number of hydrogen-bond acceptors (Lipinski definition) is 5. The van der Waals surface area contributed by atoms with Crippen LogP contribution in [0.2, 0.25) is 0 Å². The summed E-state index contributed by atoms with van der Waals surface area (Å²) in [7, 11) is -7.38. The molecule has 1 aromatic rings. The van der Waals surface area contributed by atoms with Crippen molar-refractivity contribution in [3.05, 3.63) is 30.1 Å². The van der Waals surface area contributed by atoms with Gasteiger partial charge in [-0.25, -0.2) is 21.2 Å². The van der Waals surface area contributed by atoms with Crippen molar-refractivity contribution in [2.45, 2.75) is 18.2 Å². The minimum Gasteiger partial charge on any atom is -0.314 e. The zero-order valence-electron chi connectivity index (χ0n) is 14.2. The fourth-order valence-electron chi connectivity index (χ4n) is 2.63. The normalized spacial score (nSPS) is 17.1. The summed E-state index contributed by atoms with van der Waals surface area (Å²) in [6, 6.07) is 4.54. The monoisotopic (exact) mass is 393 g/mol. The summed E-state index contributed by atoms with van der Waals surface area (Å²) in [5.74, 6) is -0.796. The molecule has 0 bridgehead atoms. The van der Waals surface area contributed by atoms with Gasteiger partial charge >= 0.3 is 0 Å². The molecule has 0 aliphatic carbocycles. The fourth-order valence-corrected chi connectivity index (χ4v) is 5.72. The first kappa shape index (κ1) is 20.2. The lowest BCUT2D eigenvalue weighted by atomic mass is 10.4. The van der Waals surface area contributed by atoms with Gasteiger partial charge in [-0.3, -0.25) is 0 Å². The van der Waals surface area contributed by atoms with Crippen LogP contribution in [0.4, 0.5) is 4.39 Å². The first-order valence-electron chi connectivity index (χ1n) is 8.21. The summed E-state index contributed by atoms with van der Waals surface area (Å²) in [6.45, 7) is 3.85. The highest BCUT2D eigenvalue weighted by atomic mass is 32.2. The molecule has 0 radical (unpaired) electrons. The van der Waals surface area contributed by atoms with Crippen molar-refractivity contribution in [3.8, 4) is 0 Å². The minimum atomic E-state index is -3.86. The van der Waals surface area contributed by atoms with Crippen molar-refractivity contribution < 1.29 is 21.2 Å². The SMILES string of the molecule is CCCN(CCS(=O)(=O)N1CCNCC1)S(=O)(=O)c1ccc(F)cc1. The molecule has 1 fully saturated rings. The van der Waals surface area contributed by atoms with Crippen LogP contribution in [0.15, 0.2) is 29.2 Å². The molecule has 0 atom stereocenters. The second-order valence-electron chi connectivity index (χ2n) is 5.82. The van der Waals surface area contributed by atoms with Gasteiger partial charge < -0.3 is 5.32 Å². The topological polar surface area (TPSA) is 86.8 Å². The van der Waals surface area contributed by atoms with Crippen LogP contribution in [0.1, 0.15) is 13.3 Å². The minimum absolute atomic E-state index is 0.0399. The highest BCUT2D eigenvalue weighted by Crippen LogP contribution is 2.17. The Balaban J connectivity index is 2.13. The summed E-state index contributed by atoms with van der Waals surface area (Å²) in [6.07, 6.45) is 0.550. The van der Waals surface area contributed by atoms with E-state index in [4.69, 9.17) is 0 Å². The van der Waals surface area contributed by atoms with E-state index in [0.717, 1.165) is 16.4 Å². The van der Waals surface area contributed by atoms with Gasteiger partial charge in [0.1, 0.15) is 5.82 Å². The number of nitrogens with zero attached hydrogens (tertiary/aromatic N) is 2. The lowest BCUT2D eigenvalue weighted by Gasteiger charge is -2.28. The number of nitrogens with one attached hydrogen (secondary N) is 1. The molecule has 1 saturated heterocycles. The predicted octanol–water partition coefficient (Wildman–Crippen LogP) is 0.461. The molecule has 25 heavy (non-hydrogen) atoms. The van der Waals surface area contributed by atoms with Crippen LogP contribution in [-0.4, -0.2) is 70.5 Å². The van der Waals surface area contributed by atoms with E-state index in [1.807, 2.05) is 6.92 Å². The summed E-state index contributed by atoms with van der Waals surface area (Å²) in [5, 5.41) is 3.08. The van der Waals surface area contributed by atoms with Crippen molar-refractivity contribution >= 4 is 20.0 Å². The van der Waals surface area contributed by atoms with E-state index < -0.39 is 25.9 Å². The number of rotatable bonds is 8. The van der Waals surface area contributed by atoms with Crippen LogP contribution < -0.4 is 5.32 Å². The summed E-state index contributed by atoms with van der Waals surface area (Å²) >= 11 is 0. The fraction of sp³-hybridized carbons (Fsp3) is 0.600. The number of benzene rings is 1. The smallest absolute Gasteiger partial charge is 0.243 e. The molecular formula is C15H24FN3O4S2. The summed E-state index contributed by atoms with van der Waals surface area (Å²) < 4.78 is 65.9. The Morgan fingerprint density at radius 3 is 2.24 bits per heavy atom. The second kappa shape index (κ2) is 8.54. The largest absolute Gasteiger partial charge is 0.314 e. The van der Waals surface area contributed by atoms with Gasteiger partial charge in [-0.1, -0.05) is 6.92 Å². The lowest BCUT2D eigenvalue weighted by molar-refractivity contribution is 0.356. The van der Waals surface area contributed by atoms with Crippen LogP contribution in [-0.2, 0) is 20.0 Å². The third-order valence-electron chi connectivity index (χ3n) is 3.99. The highest BCUT2D eigenvalue weighted by molar-refractivity contribution is 7.90. The maximum atomic E-state index is 13.0. The highest BCUT2D eigenvalue weighted by Gasteiger charge is 2.28. The molecular weight excluding hydrogens is 369 g/mol. The van der Waals surface area contributed by atoms with Crippen molar-refractivity contribution in [2.75, 3.05) is 45.0 Å². The Morgan fingerprint density at radius 2 is 1.68 bits per heavy atom. The van der Waals surface area contributed by atoms with Crippen molar-refractivity contribution in [2.24, 2.45) is 0 Å². The first-order chi connectivity index (χ1) is 11.8. The molecule has 2 rings (SSSR count). The molecule has 0 spiro atoms. The van der Waals surface area contributed by atoms with Crippen LogP contribution in [0.3, 0.4) is 0 Å². The molecule has 10 heteroatoms. The predicted molar refractivity (Wildman–Crippen MR) is 93.7 cm³/mol. The molecule has 0 aromatic heterocycles. The molecule has 1 aliphatic rings. The van der Waals surface area contributed by atoms with Crippen molar-refractivity contribution in [1.29, 1.82) is 0 Å². The van der Waals surface area contributed by atoms with E-state index in [-0.39, 0.29) is 23.7 Å². The molecule has 0 saturated carbocycles. The Kier molecular flexibility index (Phi) is 6.92. The van der Waals surface area contributed by atoms with Crippen LogP contribution in [0, 0.1) is 5.82 Å². The van der Waals surface area contributed by atoms with Crippen LogP contribution >= 0.6 is 0 Å². The van der Waals surface area contributed by atoms with Gasteiger partial charge in [0.05, 0.1) is 10.6 Å². The second-order valence-corrected chi connectivity index (χ2v) is 9.85. The summed E-state index contributed by atoms with van der Waals surface area (Å²) in [4.78, 5) is -0.0399. The van der Waals surface area contributed by atoms with Crippen molar-refractivity contribution in [1.82, 2.24) is 13.9 Å². The van der Waals surface area contributed by atoms with Crippen LogP contribution in [0.25, 0.3) is 0 Å². The molecule has 1 N–H and O–H groups in total. The van der Waals surface area contributed by atoms with E-state index in [9.17, 15) is 21.2 Å². The Hall–Kier alpha value is -1.07. The third kappa shape index (κ3) is 5.20. The molecule has 0 amide bonds. The van der Waals surface area contributed by atoms with E-state index in [0.29, 0.717) is 32.6 Å². The Bertz CT molecular complexity index is 760. The van der Waals surface area contributed by atoms with Gasteiger partial charge in [0, 0.05) is 39.3 Å². The molecule has 1 aliphatic heterocycles. The molecule has 1 aromatic carbocycles. The average molecular weight is 394 g/mol. The van der Waals surface area contributed by atoms with E-state index in [1.54, 1.807) is 0 Å². The van der Waals surface area contributed by atoms with E-state index >= 15 is 0 Å². The van der Waals surface area contributed by atoms with Gasteiger partial charge in [-0.05, 0) is 30.7 Å². The van der Waals surface area contributed by atoms with Gasteiger partial charge in [0.25, 0.3) is 0 Å². The standard InChI is InChI=1S/C15H24FN3O4S2/c1-2-9-19(25(22,23)15-5-3-14(16)4-6-15)12-13-24(20,21)18-10-7-17-8-11-18/h3-6,17H,2,7-13H2,1H3. The number of halogens is 1. The maximum Gasteiger partial charge on any atom is 0.243 e. The quantitative estimate of drug-likeness (QED) is 0.693. The third-order valence-corrected chi connectivity index (χ3v) is 7.76. The van der Waals surface area contributed by atoms with Gasteiger partial charge in [-0.2, -0.15) is 8.61 Å². The number of piperazine rings is 1. The Morgan fingerprint density at radius 1 is 1.08 bits per heavy atom. The van der Waals surface area contributed by atoms with Gasteiger partial charge in [0.2, 0.25) is 20.0 Å². The molecule has 1 heterocycles. The molecule has 142 valence electrons. The zero-order chi connectivity index (χ0) is 18.5. The number of hydrogen-bond donors (Lipinski definition) is 1. The van der Waals surface area contributed by atoms with Crippen molar-refractivity contribution in [3.63, 3.8) is 0 Å². The Labute approximate surface area is 148 Å². The van der Waals surface area contributed by atoms with Gasteiger partial charge in [0.15, 0.2) is 0 Å². The van der Waals surface area contributed by atoms with Gasteiger partial charge in [-0.15, -0.1) is 0 Å². The molecule has 7 nitrogen and oxygen atoms in total. The van der Waals surface area contributed by atoms with E-state index in [1.165, 1.54) is 16.4 Å². The maximum absolute atomic E-state index is 13.0. The number of sulfonamides is 2. The van der Waals surface area contributed by atoms with E-state index in [2.05, 4.69) is 5.32 Å². The average Bonchev–Trinajstić information content (AvgIpc) is 2.59. The molecule has 0 unspecified atom stereocenters. The zero-order valence-corrected chi connectivity index (χ0v) is 15.8. The lowest BCUT2D eigenvalue weighted by Crippen LogP contribution is -2.48. The summed E-state index contributed by atoms with van der Waals surface area (Å²) in [5.41, 5.74) is 0. The first-order valence-corrected chi connectivity index (χ1v) is 11.3.